The number of rotatable bonds is 23. The van der Waals surface area contributed by atoms with Crippen LogP contribution in [0.4, 0.5) is 0 Å². The first-order valence-corrected chi connectivity index (χ1v) is 35.4. The number of carbonyl (C=O) groups is 6. The molecule has 4 aliphatic carbocycles. The lowest BCUT2D eigenvalue weighted by Gasteiger charge is -2.29. The zero-order valence-electron chi connectivity index (χ0n) is 58.3. The molecule has 2 atom stereocenters. The van der Waals surface area contributed by atoms with Crippen LogP contribution in [0.1, 0.15) is 166 Å². The molecule has 10 aromatic carbocycles. The summed E-state index contributed by atoms with van der Waals surface area (Å²) in [4.78, 5) is 78.7. The van der Waals surface area contributed by atoms with Gasteiger partial charge in [0.25, 0.3) is 0 Å². The molecule has 530 valence electrons. The van der Waals surface area contributed by atoms with Gasteiger partial charge in [-0.05, 0) is 236 Å². The molecule has 0 fully saturated rings. The molecular weight excluding hydrogens is 1320 g/mol. The number of aryl methyl sites for hydroxylation is 4. The summed E-state index contributed by atoms with van der Waals surface area (Å²) in [6.45, 7) is 2.72. The summed E-state index contributed by atoms with van der Waals surface area (Å²) in [5, 5.41) is 18.6. The molecular formula is C89H78O16. The van der Waals surface area contributed by atoms with Gasteiger partial charge in [-0.1, -0.05) is 123 Å². The minimum absolute atomic E-state index is 0.0461. The van der Waals surface area contributed by atoms with Crippen molar-refractivity contribution in [2.24, 2.45) is 0 Å². The summed E-state index contributed by atoms with van der Waals surface area (Å²) < 4.78 is 46.2. The first kappa shape index (κ1) is 71.4. The molecule has 0 saturated carbocycles. The topological polar surface area (TPSA) is 217 Å². The lowest BCUT2D eigenvalue weighted by atomic mass is 9.76. The number of hydrogen-bond acceptors (Lipinski definition) is 16. The Morgan fingerprint density at radius 1 is 0.362 bits per heavy atom. The Morgan fingerprint density at radius 2 is 0.686 bits per heavy atom. The Morgan fingerprint density at radius 3 is 1.02 bits per heavy atom. The summed E-state index contributed by atoms with van der Waals surface area (Å²) in [5.41, 5.74) is 11.8. The fourth-order valence-electron chi connectivity index (χ4n) is 14.7. The average molecular weight is 1400 g/mol. The zero-order chi connectivity index (χ0) is 72.9. The van der Waals surface area contributed by atoms with Gasteiger partial charge < -0.3 is 48.1 Å². The number of fused-ring (bicyclic) bond motifs is 8. The van der Waals surface area contributed by atoms with Gasteiger partial charge in [0, 0.05) is 45.2 Å². The third-order valence-electron chi connectivity index (χ3n) is 19.9. The number of methoxy groups -OCH3 is 1. The van der Waals surface area contributed by atoms with Crippen molar-refractivity contribution in [3.63, 3.8) is 0 Å². The van der Waals surface area contributed by atoms with E-state index in [0.29, 0.717) is 74.9 Å². The van der Waals surface area contributed by atoms with Gasteiger partial charge >= 0.3 is 35.8 Å². The molecule has 0 bridgehead atoms. The van der Waals surface area contributed by atoms with E-state index in [2.05, 4.69) is 31.2 Å². The van der Waals surface area contributed by atoms with Crippen LogP contribution < -0.4 is 37.9 Å². The molecule has 0 radical (unpaired) electrons. The maximum Gasteiger partial charge on any atom is 0.343 e. The maximum atomic E-state index is 13.6. The van der Waals surface area contributed by atoms with Crippen molar-refractivity contribution < 1.29 is 76.9 Å². The predicted molar refractivity (Wildman–Crippen MR) is 396 cm³/mol. The summed E-state index contributed by atoms with van der Waals surface area (Å²) in [6, 6.07) is 63.7. The van der Waals surface area contributed by atoms with E-state index >= 15 is 0 Å². The fourth-order valence-corrected chi connectivity index (χ4v) is 14.7. The van der Waals surface area contributed by atoms with Crippen molar-refractivity contribution in [1.29, 1.82) is 0 Å². The lowest BCUT2D eigenvalue weighted by molar-refractivity contribution is -0.129. The first-order valence-electron chi connectivity index (χ1n) is 35.4. The molecule has 0 aliphatic heterocycles. The SMILES string of the molecule is CCCCCCOc1ccc(C(=O)Oc2ccc(C(=O)Oc3cccc4c3C3(CCc5cccc(OC(=O)/C=C/c6ccc(CO)cc6)c53)CC4)cc2)cc1.COc1ccc(C(=O)Oc2ccc(C(=O)Oc3cccc4c3C3(CCc5cccc(OC(=O)/C=C/c6ccc(CO)cc6)c53)CC4)cc2)cc1. The monoisotopic (exact) mass is 1400 g/mol. The second kappa shape index (κ2) is 32.6. The smallest absolute Gasteiger partial charge is 0.343 e. The molecule has 105 heavy (non-hydrogen) atoms. The van der Waals surface area contributed by atoms with Crippen molar-refractivity contribution in [1.82, 2.24) is 0 Å². The van der Waals surface area contributed by atoms with Crippen LogP contribution in [0.2, 0.25) is 0 Å². The van der Waals surface area contributed by atoms with E-state index in [-0.39, 0.29) is 13.2 Å². The van der Waals surface area contributed by atoms with Crippen LogP contribution in [0.15, 0.2) is 231 Å². The number of esters is 6. The van der Waals surface area contributed by atoms with Crippen LogP contribution >= 0.6 is 0 Å². The molecule has 2 unspecified atom stereocenters. The minimum Gasteiger partial charge on any atom is -0.497 e. The average Bonchev–Trinajstić information content (AvgIpc) is 1.57. The fraction of sp³-hybridized carbons (Fsp3) is 0.213. The third-order valence-corrected chi connectivity index (χ3v) is 19.9. The highest BCUT2D eigenvalue weighted by molar-refractivity contribution is 5.95. The Bertz CT molecular complexity index is 4890. The zero-order valence-corrected chi connectivity index (χ0v) is 58.3. The number of ether oxygens (including phenoxy) is 8. The van der Waals surface area contributed by atoms with Gasteiger partial charge in [-0.3, -0.25) is 0 Å². The van der Waals surface area contributed by atoms with E-state index in [1.54, 1.807) is 141 Å². The van der Waals surface area contributed by atoms with E-state index in [1.165, 1.54) is 25.0 Å². The predicted octanol–water partition coefficient (Wildman–Crippen LogP) is 16.8. The molecule has 14 rings (SSSR count). The quantitative estimate of drug-likeness (QED) is 0.0263. The maximum absolute atomic E-state index is 13.6. The van der Waals surface area contributed by atoms with Gasteiger partial charge in [0.1, 0.15) is 46.0 Å². The summed E-state index contributed by atoms with van der Waals surface area (Å²) in [5.74, 6) is 0.776. The molecule has 2 N–H and O–H groups in total. The van der Waals surface area contributed by atoms with Crippen molar-refractivity contribution >= 4 is 48.0 Å². The lowest BCUT2D eigenvalue weighted by Crippen LogP contribution is -2.24. The van der Waals surface area contributed by atoms with Crippen LogP contribution in [0.5, 0.6) is 46.0 Å². The summed E-state index contributed by atoms with van der Waals surface area (Å²) >= 11 is 0. The highest BCUT2D eigenvalue weighted by Crippen LogP contribution is 2.59. The number of unbranched alkanes of at least 4 members (excludes halogenated alkanes) is 3. The molecule has 16 heteroatoms. The van der Waals surface area contributed by atoms with Gasteiger partial charge in [0.05, 0.1) is 49.2 Å². The largest absolute Gasteiger partial charge is 0.497 e. The molecule has 0 heterocycles. The molecule has 0 aromatic heterocycles. The highest BCUT2D eigenvalue weighted by Gasteiger charge is 2.50. The second-order valence-electron chi connectivity index (χ2n) is 26.4. The van der Waals surface area contributed by atoms with E-state index in [1.807, 2.05) is 72.8 Å². The van der Waals surface area contributed by atoms with E-state index in [0.717, 1.165) is 131 Å². The van der Waals surface area contributed by atoms with Gasteiger partial charge in [0.2, 0.25) is 0 Å². The van der Waals surface area contributed by atoms with Crippen LogP contribution in [-0.2, 0) is 59.3 Å². The summed E-state index contributed by atoms with van der Waals surface area (Å²) in [6.07, 6.45) is 17.0. The van der Waals surface area contributed by atoms with Crippen molar-refractivity contribution in [2.45, 2.75) is 108 Å². The Labute approximate surface area is 609 Å². The minimum atomic E-state index is -0.538. The molecule has 0 amide bonds. The van der Waals surface area contributed by atoms with Gasteiger partial charge in [0.15, 0.2) is 0 Å². The van der Waals surface area contributed by atoms with Crippen molar-refractivity contribution in [3.8, 4) is 46.0 Å². The molecule has 10 aromatic rings. The molecule has 2 spiro atoms. The first-order chi connectivity index (χ1) is 51.2. The third kappa shape index (κ3) is 16.1. The standard InChI is InChI=1S/C47H44O8.C42H34O8/c1-2-3-4-5-30-52-38-21-17-36(18-22-38)45(50)53-39-23-19-37(20-24-39)46(51)55-41-11-7-9-35-27-29-47(44(35)41)28-26-34-8-6-10-40(43(34)47)54-42(49)25-16-32-12-14-33(31-48)15-13-32;1-47-33-17-13-31(14-18-33)40(45)48-34-19-15-32(16-20-34)41(46)50-36-7-3-5-30-23-25-42(39(30)36)24-22-29-4-2-6-35(38(29)42)49-37(44)21-12-27-8-10-28(26-43)11-9-27/h6-25,48H,2-5,26-31H2,1H3;2-21,43H,22-26H2,1H3/b25-16+;21-12+. The Hall–Kier alpha value is -12.0. The van der Waals surface area contributed by atoms with Crippen LogP contribution in [0, 0.1) is 0 Å². The number of benzene rings is 10. The van der Waals surface area contributed by atoms with Gasteiger partial charge in [-0.25, -0.2) is 28.8 Å². The highest BCUT2D eigenvalue weighted by atomic mass is 16.6. The normalized spacial score (nSPS) is 15.6. The van der Waals surface area contributed by atoms with E-state index in [4.69, 9.17) is 37.9 Å². The number of aliphatic hydroxyl groups is 2. The number of hydrogen-bond donors (Lipinski definition) is 2. The van der Waals surface area contributed by atoms with Crippen LogP contribution in [-0.4, -0.2) is 59.7 Å². The second-order valence-corrected chi connectivity index (χ2v) is 26.4. The van der Waals surface area contributed by atoms with Crippen LogP contribution in [0.25, 0.3) is 12.2 Å². The van der Waals surface area contributed by atoms with Crippen molar-refractivity contribution in [2.75, 3.05) is 13.7 Å². The Kier molecular flexibility index (Phi) is 22.1. The number of carbonyl (C=O) groups excluding carboxylic acids is 6. The molecule has 16 nitrogen and oxygen atoms in total. The van der Waals surface area contributed by atoms with Gasteiger partial charge in [-0.15, -0.1) is 0 Å². The Balaban J connectivity index is 0.000000187. The van der Waals surface area contributed by atoms with Gasteiger partial charge in [-0.2, -0.15) is 0 Å². The van der Waals surface area contributed by atoms with Crippen molar-refractivity contribution in [3.05, 3.63) is 320 Å². The van der Waals surface area contributed by atoms with E-state index < -0.39 is 46.6 Å². The molecule has 4 aliphatic rings. The van der Waals surface area contributed by atoms with E-state index in [9.17, 15) is 39.0 Å². The number of aliphatic hydroxyl groups excluding tert-OH is 2. The van der Waals surface area contributed by atoms with Crippen LogP contribution in [0.3, 0.4) is 0 Å². The summed E-state index contributed by atoms with van der Waals surface area (Å²) in [7, 11) is 1.55. The molecule has 0 saturated heterocycles.